The number of hydrogen-bond acceptors (Lipinski definition) is 1. The van der Waals surface area contributed by atoms with E-state index in [1.54, 1.807) is 19.1 Å². The summed E-state index contributed by atoms with van der Waals surface area (Å²) in [5, 5.41) is -0.501. The predicted molar refractivity (Wildman–Crippen MR) is 63.3 cm³/mol. The molecule has 1 aromatic carbocycles. The summed E-state index contributed by atoms with van der Waals surface area (Å²) in [4.78, 5) is 11.5. The molecule has 0 aliphatic rings. The maximum atomic E-state index is 11.5. The molecule has 1 unspecified atom stereocenters. The van der Waals surface area contributed by atoms with Crippen molar-refractivity contribution in [1.82, 2.24) is 0 Å². The monoisotopic (exact) mass is 294 g/mol. The van der Waals surface area contributed by atoms with Gasteiger partial charge in [0.25, 0.3) is 0 Å². The van der Waals surface area contributed by atoms with Gasteiger partial charge in [-0.15, -0.1) is 23.2 Å². The first-order chi connectivity index (χ1) is 6.56. The van der Waals surface area contributed by atoms with Crippen molar-refractivity contribution in [1.29, 1.82) is 0 Å². The lowest BCUT2D eigenvalue weighted by Gasteiger charge is -2.05. The predicted octanol–water partition coefficient (Wildman–Crippen LogP) is 4.00. The molecule has 0 fully saturated rings. The van der Waals surface area contributed by atoms with Crippen LogP contribution in [-0.4, -0.2) is 11.2 Å². The standard InChI is InChI=1S/C10H9BrCl2O/c1-6(13)10(14)7-2-3-9(11)8(4-7)5-12/h2-4,6H,5H2,1H3. The number of hydrogen-bond donors (Lipinski definition) is 0. The van der Waals surface area contributed by atoms with Gasteiger partial charge >= 0.3 is 0 Å². The number of rotatable bonds is 3. The minimum Gasteiger partial charge on any atom is -0.293 e. The molecule has 1 aromatic rings. The molecule has 4 heteroatoms. The largest absolute Gasteiger partial charge is 0.293 e. The molecule has 1 rings (SSSR count). The zero-order valence-electron chi connectivity index (χ0n) is 7.56. The molecule has 0 aromatic heterocycles. The molecular weight excluding hydrogens is 287 g/mol. The van der Waals surface area contributed by atoms with Gasteiger partial charge in [0.2, 0.25) is 0 Å². The van der Waals surface area contributed by atoms with Crippen molar-refractivity contribution in [3.05, 3.63) is 33.8 Å². The fourth-order valence-electron chi connectivity index (χ4n) is 1.06. The number of Topliss-reactive ketones (excluding diaryl/α,β-unsaturated/α-hetero) is 1. The summed E-state index contributed by atoms with van der Waals surface area (Å²) in [6.07, 6.45) is 0. The number of ketones is 1. The minimum absolute atomic E-state index is 0.0782. The van der Waals surface area contributed by atoms with Crippen LogP contribution in [0, 0.1) is 0 Å². The van der Waals surface area contributed by atoms with Crippen LogP contribution in [0.25, 0.3) is 0 Å². The molecule has 0 amide bonds. The van der Waals surface area contributed by atoms with Crippen molar-refractivity contribution in [3.8, 4) is 0 Å². The Morgan fingerprint density at radius 2 is 2.21 bits per heavy atom. The molecular formula is C10H9BrCl2O. The summed E-state index contributed by atoms with van der Waals surface area (Å²) < 4.78 is 0.909. The summed E-state index contributed by atoms with van der Waals surface area (Å²) in [5.74, 6) is 0.295. The fourth-order valence-corrected chi connectivity index (χ4v) is 1.96. The summed E-state index contributed by atoms with van der Waals surface area (Å²) in [6.45, 7) is 1.66. The second-order valence-corrected chi connectivity index (χ2v) is 4.70. The van der Waals surface area contributed by atoms with Crippen LogP contribution in [0.2, 0.25) is 0 Å². The van der Waals surface area contributed by atoms with Crippen molar-refractivity contribution < 1.29 is 4.79 Å². The van der Waals surface area contributed by atoms with Gasteiger partial charge in [-0.25, -0.2) is 0 Å². The molecule has 0 aliphatic carbocycles. The third kappa shape index (κ3) is 2.72. The molecule has 1 nitrogen and oxygen atoms in total. The first-order valence-corrected chi connectivity index (χ1v) is 5.85. The van der Waals surface area contributed by atoms with Gasteiger partial charge in [0, 0.05) is 15.9 Å². The molecule has 0 aliphatic heterocycles. The van der Waals surface area contributed by atoms with Gasteiger partial charge in [0.05, 0.1) is 5.38 Å². The molecule has 0 heterocycles. The molecule has 0 spiro atoms. The van der Waals surface area contributed by atoms with Gasteiger partial charge < -0.3 is 0 Å². The van der Waals surface area contributed by atoms with E-state index in [0.717, 1.165) is 10.0 Å². The lowest BCUT2D eigenvalue weighted by Crippen LogP contribution is -2.10. The fraction of sp³-hybridized carbons (Fsp3) is 0.300. The summed E-state index contributed by atoms with van der Waals surface area (Å²) >= 11 is 14.8. The van der Waals surface area contributed by atoms with Crippen LogP contribution in [0.1, 0.15) is 22.8 Å². The number of benzene rings is 1. The average molecular weight is 296 g/mol. The van der Waals surface area contributed by atoms with E-state index >= 15 is 0 Å². The molecule has 76 valence electrons. The number of carbonyl (C=O) groups excluding carboxylic acids is 1. The SMILES string of the molecule is CC(Cl)C(=O)c1ccc(Br)c(CCl)c1. The number of alkyl halides is 2. The van der Waals surface area contributed by atoms with Gasteiger partial charge in [0.15, 0.2) is 5.78 Å². The van der Waals surface area contributed by atoms with E-state index < -0.39 is 5.38 Å². The lowest BCUT2D eigenvalue weighted by molar-refractivity contribution is 0.0991. The third-order valence-electron chi connectivity index (χ3n) is 1.84. The Balaban J connectivity index is 3.06. The van der Waals surface area contributed by atoms with Crippen LogP contribution >= 0.6 is 39.1 Å². The van der Waals surface area contributed by atoms with E-state index in [1.165, 1.54) is 0 Å². The smallest absolute Gasteiger partial charge is 0.180 e. The van der Waals surface area contributed by atoms with Crippen LogP contribution in [0.3, 0.4) is 0 Å². The van der Waals surface area contributed by atoms with Crippen molar-refractivity contribution in [3.63, 3.8) is 0 Å². The topological polar surface area (TPSA) is 17.1 Å². The Bertz CT molecular complexity index is 350. The first kappa shape index (κ1) is 12.0. The Kier molecular flexibility index (Phi) is 4.42. The first-order valence-electron chi connectivity index (χ1n) is 4.09. The second-order valence-electron chi connectivity index (χ2n) is 2.92. The molecule has 0 saturated heterocycles. The van der Waals surface area contributed by atoms with Gasteiger partial charge in [-0.2, -0.15) is 0 Å². The van der Waals surface area contributed by atoms with Gasteiger partial charge in [0.1, 0.15) is 0 Å². The molecule has 1 atom stereocenters. The zero-order chi connectivity index (χ0) is 10.7. The van der Waals surface area contributed by atoms with Gasteiger partial charge in [-0.05, 0) is 24.6 Å². The highest BCUT2D eigenvalue weighted by Gasteiger charge is 2.13. The Labute approximate surface area is 102 Å². The Morgan fingerprint density at radius 1 is 1.57 bits per heavy atom. The van der Waals surface area contributed by atoms with Gasteiger partial charge in [-0.1, -0.05) is 22.0 Å². The number of halogens is 3. The van der Waals surface area contributed by atoms with Crippen molar-refractivity contribution in [2.24, 2.45) is 0 Å². The van der Waals surface area contributed by atoms with Crippen molar-refractivity contribution in [2.75, 3.05) is 0 Å². The maximum Gasteiger partial charge on any atom is 0.180 e. The summed E-state index contributed by atoms with van der Waals surface area (Å²) in [6, 6.07) is 5.31. The van der Waals surface area contributed by atoms with Crippen LogP contribution in [0.5, 0.6) is 0 Å². The zero-order valence-corrected chi connectivity index (χ0v) is 10.7. The Morgan fingerprint density at radius 3 is 2.71 bits per heavy atom. The molecule has 14 heavy (non-hydrogen) atoms. The van der Waals surface area contributed by atoms with E-state index in [2.05, 4.69) is 15.9 Å². The molecule has 0 saturated carbocycles. The number of carbonyl (C=O) groups is 1. The van der Waals surface area contributed by atoms with Crippen molar-refractivity contribution >= 4 is 44.9 Å². The molecule has 0 N–H and O–H groups in total. The Hall–Kier alpha value is -0.0500. The van der Waals surface area contributed by atoms with Gasteiger partial charge in [-0.3, -0.25) is 4.79 Å². The van der Waals surface area contributed by atoms with E-state index in [-0.39, 0.29) is 5.78 Å². The lowest BCUT2D eigenvalue weighted by atomic mass is 10.1. The normalized spacial score (nSPS) is 12.6. The average Bonchev–Trinajstić information content (AvgIpc) is 2.17. The second kappa shape index (κ2) is 5.15. The molecule has 0 radical (unpaired) electrons. The van der Waals surface area contributed by atoms with E-state index in [1.807, 2.05) is 6.07 Å². The van der Waals surface area contributed by atoms with Crippen LogP contribution in [-0.2, 0) is 5.88 Å². The van der Waals surface area contributed by atoms with Crippen LogP contribution in [0.4, 0.5) is 0 Å². The third-order valence-corrected chi connectivity index (χ3v) is 3.10. The van der Waals surface area contributed by atoms with E-state index in [0.29, 0.717) is 11.4 Å². The quantitative estimate of drug-likeness (QED) is 0.608. The minimum atomic E-state index is -0.501. The highest BCUT2D eigenvalue weighted by atomic mass is 79.9. The van der Waals surface area contributed by atoms with E-state index in [4.69, 9.17) is 23.2 Å². The van der Waals surface area contributed by atoms with E-state index in [9.17, 15) is 4.79 Å². The highest BCUT2D eigenvalue weighted by Crippen LogP contribution is 2.21. The molecule has 0 bridgehead atoms. The highest BCUT2D eigenvalue weighted by molar-refractivity contribution is 9.10. The van der Waals surface area contributed by atoms with Crippen LogP contribution < -0.4 is 0 Å². The summed E-state index contributed by atoms with van der Waals surface area (Å²) in [7, 11) is 0. The van der Waals surface area contributed by atoms with Crippen molar-refractivity contribution in [2.45, 2.75) is 18.2 Å². The maximum absolute atomic E-state index is 11.5. The summed E-state index contributed by atoms with van der Waals surface area (Å²) in [5.41, 5.74) is 1.50. The van der Waals surface area contributed by atoms with Crippen LogP contribution in [0.15, 0.2) is 22.7 Å².